The number of nitrogen functional groups attached to an aromatic ring is 1. The summed E-state index contributed by atoms with van der Waals surface area (Å²) in [6.07, 6.45) is 2.05. The Kier molecular flexibility index (Phi) is 3.61. The fourth-order valence-corrected chi connectivity index (χ4v) is 2.97. The molecule has 0 spiro atoms. The van der Waals surface area contributed by atoms with Gasteiger partial charge in [-0.2, -0.15) is 0 Å². The molecular weight excluding hydrogens is 244 g/mol. The summed E-state index contributed by atoms with van der Waals surface area (Å²) in [5, 5.41) is 3.45. The number of hydrogen-bond acceptors (Lipinski definition) is 3. The molecule has 0 bridgehead atoms. The molecule has 0 aromatic heterocycles. The molecule has 1 amide bonds. The number of amides is 1. The van der Waals surface area contributed by atoms with E-state index in [2.05, 4.69) is 5.32 Å². The molecule has 1 fully saturated rings. The van der Waals surface area contributed by atoms with Gasteiger partial charge in [0.25, 0.3) is 0 Å². The van der Waals surface area contributed by atoms with Gasteiger partial charge < -0.3 is 11.1 Å². The fourth-order valence-electron chi connectivity index (χ4n) is 1.63. The van der Waals surface area contributed by atoms with Crippen LogP contribution in [-0.4, -0.2) is 16.9 Å². The summed E-state index contributed by atoms with van der Waals surface area (Å²) < 4.78 is 0. The third kappa shape index (κ3) is 2.62. The predicted molar refractivity (Wildman–Crippen MR) is 70.0 cm³/mol. The molecule has 1 unspecified atom stereocenters. The van der Waals surface area contributed by atoms with E-state index >= 15 is 0 Å². The molecule has 3 nitrogen and oxygen atoms in total. The summed E-state index contributed by atoms with van der Waals surface area (Å²) in [5.41, 5.74) is 6.90. The maximum Gasteiger partial charge on any atom is 0.237 e. The van der Waals surface area contributed by atoms with Crippen LogP contribution < -0.4 is 11.1 Å². The maximum atomic E-state index is 11.8. The SMILES string of the molecule is Nc1ccc(Cl)cc1NC(=O)C1CCCS1. The average molecular weight is 257 g/mol. The number of halogens is 1. The molecule has 1 atom stereocenters. The van der Waals surface area contributed by atoms with Crippen LogP contribution in [0.3, 0.4) is 0 Å². The van der Waals surface area contributed by atoms with Crippen molar-refractivity contribution in [2.75, 3.05) is 16.8 Å². The predicted octanol–water partition coefficient (Wildman–Crippen LogP) is 2.76. The van der Waals surface area contributed by atoms with Crippen LogP contribution in [0, 0.1) is 0 Å². The molecule has 1 aliphatic rings. The Morgan fingerprint density at radius 3 is 3.06 bits per heavy atom. The van der Waals surface area contributed by atoms with E-state index in [0.29, 0.717) is 16.4 Å². The van der Waals surface area contributed by atoms with E-state index in [1.165, 1.54) is 0 Å². The van der Waals surface area contributed by atoms with Crippen LogP contribution in [0.5, 0.6) is 0 Å². The number of benzene rings is 1. The molecule has 0 saturated carbocycles. The van der Waals surface area contributed by atoms with Crippen molar-refractivity contribution in [3.8, 4) is 0 Å². The smallest absolute Gasteiger partial charge is 0.237 e. The van der Waals surface area contributed by atoms with E-state index in [4.69, 9.17) is 17.3 Å². The van der Waals surface area contributed by atoms with Gasteiger partial charge in [0, 0.05) is 5.02 Å². The highest BCUT2D eigenvalue weighted by Crippen LogP contribution is 2.29. The Hall–Kier alpha value is -0.870. The minimum absolute atomic E-state index is 0.0245. The summed E-state index contributed by atoms with van der Waals surface area (Å²) in [4.78, 5) is 11.8. The number of hydrogen-bond donors (Lipinski definition) is 2. The molecule has 1 heterocycles. The molecule has 5 heteroatoms. The van der Waals surface area contributed by atoms with E-state index in [9.17, 15) is 4.79 Å². The van der Waals surface area contributed by atoms with Gasteiger partial charge in [-0.05, 0) is 36.8 Å². The number of carbonyl (C=O) groups excluding carboxylic acids is 1. The molecule has 0 radical (unpaired) electrons. The van der Waals surface area contributed by atoms with Crippen molar-refractivity contribution in [3.63, 3.8) is 0 Å². The molecule has 3 N–H and O–H groups in total. The third-order valence-corrected chi connectivity index (χ3v) is 4.11. The first-order valence-electron chi connectivity index (χ1n) is 5.14. The van der Waals surface area contributed by atoms with E-state index < -0.39 is 0 Å². The van der Waals surface area contributed by atoms with E-state index in [-0.39, 0.29) is 11.2 Å². The Bertz CT molecular complexity index is 405. The zero-order chi connectivity index (χ0) is 11.5. The first-order chi connectivity index (χ1) is 7.66. The lowest BCUT2D eigenvalue weighted by atomic mass is 10.2. The summed E-state index contributed by atoms with van der Waals surface area (Å²) in [5.74, 6) is 1.08. The third-order valence-electron chi connectivity index (χ3n) is 2.50. The van der Waals surface area contributed by atoms with E-state index in [1.54, 1.807) is 30.0 Å². The lowest BCUT2D eigenvalue weighted by molar-refractivity contribution is -0.115. The highest BCUT2D eigenvalue weighted by Gasteiger charge is 2.23. The Balaban J connectivity index is 2.07. The quantitative estimate of drug-likeness (QED) is 0.800. The molecule has 1 aromatic carbocycles. The molecule has 0 aliphatic carbocycles. The standard InChI is InChI=1S/C11H13ClN2OS/c12-7-3-4-8(13)9(6-7)14-11(15)10-2-1-5-16-10/h3-4,6,10H,1-2,5,13H2,(H,14,15). The van der Waals surface area contributed by atoms with Crippen LogP contribution in [0.15, 0.2) is 18.2 Å². The Morgan fingerprint density at radius 2 is 2.38 bits per heavy atom. The number of rotatable bonds is 2. The summed E-state index contributed by atoms with van der Waals surface area (Å²) in [7, 11) is 0. The monoisotopic (exact) mass is 256 g/mol. The van der Waals surface area contributed by atoms with Crippen LogP contribution in [0.25, 0.3) is 0 Å². The lowest BCUT2D eigenvalue weighted by Gasteiger charge is -2.11. The minimum atomic E-state index is 0.0245. The largest absolute Gasteiger partial charge is 0.397 e. The van der Waals surface area contributed by atoms with Gasteiger partial charge in [-0.3, -0.25) is 4.79 Å². The van der Waals surface area contributed by atoms with E-state index in [0.717, 1.165) is 18.6 Å². The van der Waals surface area contributed by atoms with Gasteiger partial charge in [0.15, 0.2) is 0 Å². The van der Waals surface area contributed by atoms with Gasteiger partial charge in [-0.25, -0.2) is 0 Å². The van der Waals surface area contributed by atoms with Crippen LogP contribution in [0.4, 0.5) is 11.4 Å². The average Bonchev–Trinajstić information content (AvgIpc) is 2.76. The normalized spacial score (nSPS) is 19.7. The summed E-state index contributed by atoms with van der Waals surface area (Å²) >= 11 is 7.54. The van der Waals surface area contributed by atoms with Crippen molar-refractivity contribution in [1.29, 1.82) is 0 Å². The number of nitrogens with one attached hydrogen (secondary N) is 1. The van der Waals surface area contributed by atoms with Gasteiger partial charge in [0.2, 0.25) is 5.91 Å². The van der Waals surface area contributed by atoms with Crippen LogP contribution in [0.1, 0.15) is 12.8 Å². The van der Waals surface area contributed by atoms with Crippen molar-refractivity contribution < 1.29 is 4.79 Å². The number of nitrogens with two attached hydrogens (primary N) is 1. The molecule has 16 heavy (non-hydrogen) atoms. The maximum absolute atomic E-state index is 11.8. The van der Waals surface area contributed by atoms with Crippen molar-refractivity contribution in [3.05, 3.63) is 23.2 Å². The van der Waals surface area contributed by atoms with E-state index in [1.807, 2.05) is 0 Å². The van der Waals surface area contributed by atoms with Crippen LogP contribution in [0.2, 0.25) is 5.02 Å². The van der Waals surface area contributed by atoms with Crippen LogP contribution >= 0.6 is 23.4 Å². The zero-order valence-corrected chi connectivity index (χ0v) is 10.3. The Labute approximate surface area is 104 Å². The summed E-state index contributed by atoms with van der Waals surface area (Å²) in [6.45, 7) is 0. The molecule has 1 aliphatic heterocycles. The van der Waals surface area contributed by atoms with Crippen molar-refractivity contribution in [2.24, 2.45) is 0 Å². The molecule has 86 valence electrons. The minimum Gasteiger partial charge on any atom is -0.397 e. The molecule has 1 aromatic rings. The van der Waals surface area contributed by atoms with Gasteiger partial charge in [-0.1, -0.05) is 11.6 Å². The van der Waals surface area contributed by atoms with Gasteiger partial charge >= 0.3 is 0 Å². The molecular formula is C11H13ClN2OS. The first-order valence-corrected chi connectivity index (χ1v) is 6.57. The number of anilines is 2. The number of thioether (sulfide) groups is 1. The van der Waals surface area contributed by atoms with Gasteiger partial charge in [0.05, 0.1) is 16.6 Å². The van der Waals surface area contributed by atoms with Gasteiger partial charge in [-0.15, -0.1) is 11.8 Å². The van der Waals surface area contributed by atoms with Crippen molar-refractivity contribution >= 4 is 40.6 Å². The molecule has 1 saturated heterocycles. The second kappa shape index (κ2) is 4.97. The highest BCUT2D eigenvalue weighted by molar-refractivity contribution is 8.00. The zero-order valence-electron chi connectivity index (χ0n) is 8.70. The van der Waals surface area contributed by atoms with Gasteiger partial charge in [0.1, 0.15) is 0 Å². The number of carbonyl (C=O) groups is 1. The fraction of sp³-hybridized carbons (Fsp3) is 0.364. The van der Waals surface area contributed by atoms with Crippen molar-refractivity contribution in [2.45, 2.75) is 18.1 Å². The summed E-state index contributed by atoms with van der Waals surface area (Å²) in [6, 6.07) is 5.07. The lowest BCUT2D eigenvalue weighted by Crippen LogP contribution is -2.23. The Morgan fingerprint density at radius 1 is 1.56 bits per heavy atom. The topological polar surface area (TPSA) is 55.1 Å². The first kappa shape index (κ1) is 11.6. The molecule has 2 rings (SSSR count). The van der Waals surface area contributed by atoms with Crippen LogP contribution in [-0.2, 0) is 4.79 Å². The highest BCUT2D eigenvalue weighted by atomic mass is 35.5. The second-order valence-corrected chi connectivity index (χ2v) is 5.47. The van der Waals surface area contributed by atoms with Crippen molar-refractivity contribution in [1.82, 2.24) is 0 Å². The second-order valence-electron chi connectivity index (χ2n) is 3.72.